The van der Waals surface area contributed by atoms with Gasteiger partial charge in [-0.05, 0) is 25.7 Å². The fourth-order valence-corrected chi connectivity index (χ4v) is 1.86. The van der Waals surface area contributed by atoms with Gasteiger partial charge in [-0.25, -0.2) is 0 Å². The summed E-state index contributed by atoms with van der Waals surface area (Å²) in [5, 5.41) is 8.46. The Morgan fingerprint density at radius 2 is 1.74 bits per heavy atom. The van der Waals surface area contributed by atoms with Crippen LogP contribution >= 0.6 is 0 Å². The van der Waals surface area contributed by atoms with Gasteiger partial charge < -0.3 is 9.84 Å². The second kappa shape index (κ2) is 15.2. The van der Waals surface area contributed by atoms with Crippen LogP contribution in [0, 0.1) is 0 Å². The minimum Gasteiger partial charge on any atom is -0.481 e. The summed E-state index contributed by atoms with van der Waals surface area (Å²) in [4.78, 5) is 10.3. The van der Waals surface area contributed by atoms with Gasteiger partial charge >= 0.3 is 5.97 Å². The second-order valence-corrected chi connectivity index (χ2v) is 4.95. The highest BCUT2D eigenvalue weighted by molar-refractivity contribution is 5.66. The summed E-state index contributed by atoms with van der Waals surface area (Å²) in [7, 11) is 0. The molecule has 0 unspecified atom stereocenters. The van der Waals surface area contributed by atoms with Crippen molar-refractivity contribution >= 4 is 5.97 Å². The molecule has 0 aliphatic heterocycles. The molecular weight excluding hydrogens is 240 g/mol. The Labute approximate surface area is 118 Å². The minimum atomic E-state index is -0.706. The zero-order chi connectivity index (χ0) is 14.2. The lowest BCUT2D eigenvalue weighted by Crippen LogP contribution is -1.97. The Morgan fingerprint density at radius 1 is 1.00 bits per heavy atom. The van der Waals surface area contributed by atoms with Crippen molar-refractivity contribution in [3.63, 3.8) is 0 Å². The maximum absolute atomic E-state index is 10.3. The van der Waals surface area contributed by atoms with Gasteiger partial charge in [-0.2, -0.15) is 0 Å². The number of aliphatic carboxylic acids is 1. The third kappa shape index (κ3) is 17.2. The minimum absolute atomic E-state index is 0.276. The largest absolute Gasteiger partial charge is 0.481 e. The molecule has 0 radical (unpaired) electrons. The normalized spacial score (nSPS) is 11.2. The van der Waals surface area contributed by atoms with Gasteiger partial charge in [-0.1, -0.05) is 51.2 Å². The Balaban J connectivity index is 3.06. The van der Waals surface area contributed by atoms with Crippen LogP contribution in [-0.2, 0) is 9.53 Å². The molecule has 112 valence electrons. The lowest BCUT2D eigenvalue weighted by atomic mass is 10.1. The van der Waals surface area contributed by atoms with E-state index in [0.717, 1.165) is 32.3 Å². The zero-order valence-corrected chi connectivity index (χ0v) is 12.4. The van der Waals surface area contributed by atoms with E-state index in [4.69, 9.17) is 9.84 Å². The molecule has 0 fully saturated rings. The monoisotopic (exact) mass is 270 g/mol. The summed E-state index contributed by atoms with van der Waals surface area (Å²) < 4.78 is 5.45. The van der Waals surface area contributed by atoms with E-state index in [1.165, 1.54) is 32.1 Å². The Bertz CT molecular complexity index is 224. The Hall–Kier alpha value is -0.830. The molecule has 0 heterocycles. The zero-order valence-electron chi connectivity index (χ0n) is 12.4. The van der Waals surface area contributed by atoms with Crippen LogP contribution in [0.1, 0.15) is 71.1 Å². The summed E-state index contributed by atoms with van der Waals surface area (Å²) in [6, 6.07) is 0. The summed E-state index contributed by atoms with van der Waals surface area (Å²) >= 11 is 0. The molecule has 0 saturated carbocycles. The average Bonchev–Trinajstić information content (AvgIpc) is 2.39. The maximum Gasteiger partial charge on any atom is 0.303 e. The van der Waals surface area contributed by atoms with Crippen LogP contribution < -0.4 is 0 Å². The standard InChI is InChI=1S/C16H30O3/c1-2-3-4-5-6-7-8-11-14-19-15-12-9-10-13-16(17)18/h8,11H,2-7,9-10,12-15H2,1H3,(H,17,18)/b11-8-. The first-order valence-electron chi connectivity index (χ1n) is 7.72. The van der Waals surface area contributed by atoms with Crippen LogP contribution in [0.2, 0.25) is 0 Å². The number of carbonyl (C=O) groups is 1. The number of carboxylic acids is 1. The predicted molar refractivity (Wildman–Crippen MR) is 79.4 cm³/mol. The molecule has 3 heteroatoms. The lowest BCUT2D eigenvalue weighted by Gasteiger charge is -2.00. The van der Waals surface area contributed by atoms with E-state index in [1.807, 2.05) is 0 Å². The van der Waals surface area contributed by atoms with Gasteiger partial charge in [0.1, 0.15) is 0 Å². The first kappa shape index (κ1) is 18.2. The molecule has 0 rings (SSSR count). The average molecular weight is 270 g/mol. The highest BCUT2D eigenvalue weighted by Gasteiger charge is 1.95. The second-order valence-electron chi connectivity index (χ2n) is 4.95. The lowest BCUT2D eigenvalue weighted by molar-refractivity contribution is -0.137. The van der Waals surface area contributed by atoms with E-state index in [1.54, 1.807) is 0 Å². The highest BCUT2D eigenvalue weighted by Crippen LogP contribution is 2.05. The van der Waals surface area contributed by atoms with Crippen molar-refractivity contribution in [1.82, 2.24) is 0 Å². The number of hydrogen-bond acceptors (Lipinski definition) is 2. The van der Waals surface area contributed by atoms with Crippen LogP contribution in [0.3, 0.4) is 0 Å². The molecule has 0 aliphatic carbocycles. The van der Waals surface area contributed by atoms with Crippen molar-refractivity contribution < 1.29 is 14.6 Å². The van der Waals surface area contributed by atoms with Crippen molar-refractivity contribution in [3.8, 4) is 0 Å². The van der Waals surface area contributed by atoms with Gasteiger partial charge in [0.15, 0.2) is 0 Å². The molecule has 0 amide bonds. The Morgan fingerprint density at radius 3 is 2.47 bits per heavy atom. The number of unbranched alkanes of at least 4 members (excludes halogenated alkanes) is 7. The molecule has 0 atom stereocenters. The third-order valence-electron chi connectivity index (χ3n) is 3.03. The van der Waals surface area contributed by atoms with Crippen molar-refractivity contribution in [2.75, 3.05) is 13.2 Å². The van der Waals surface area contributed by atoms with E-state index < -0.39 is 5.97 Å². The van der Waals surface area contributed by atoms with Gasteiger partial charge in [-0.15, -0.1) is 0 Å². The van der Waals surface area contributed by atoms with Crippen LogP contribution in [-0.4, -0.2) is 24.3 Å². The summed E-state index contributed by atoms with van der Waals surface area (Å²) in [5.74, 6) is -0.706. The number of carboxylic acid groups (broad SMARTS) is 1. The number of ether oxygens (including phenoxy) is 1. The van der Waals surface area contributed by atoms with Crippen molar-refractivity contribution in [2.24, 2.45) is 0 Å². The molecule has 1 N–H and O–H groups in total. The quantitative estimate of drug-likeness (QED) is 0.371. The van der Waals surface area contributed by atoms with Crippen molar-refractivity contribution in [2.45, 2.75) is 71.1 Å². The number of hydrogen-bond donors (Lipinski definition) is 1. The first-order chi connectivity index (χ1) is 9.27. The maximum atomic E-state index is 10.3. The molecule has 0 aromatic carbocycles. The summed E-state index contributed by atoms with van der Waals surface area (Å²) in [5.41, 5.74) is 0. The van der Waals surface area contributed by atoms with E-state index in [9.17, 15) is 4.79 Å². The molecule has 0 bridgehead atoms. The molecule has 0 spiro atoms. The van der Waals surface area contributed by atoms with Gasteiger partial charge in [0.05, 0.1) is 6.61 Å². The first-order valence-corrected chi connectivity index (χ1v) is 7.72. The van der Waals surface area contributed by atoms with Gasteiger partial charge in [0, 0.05) is 13.0 Å². The molecule has 3 nitrogen and oxygen atoms in total. The smallest absolute Gasteiger partial charge is 0.303 e. The fraction of sp³-hybridized carbons (Fsp3) is 0.812. The van der Waals surface area contributed by atoms with Crippen LogP contribution in [0.5, 0.6) is 0 Å². The molecule has 0 saturated heterocycles. The summed E-state index contributed by atoms with van der Waals surface area (Å²) in [6.07, 6.45) is 15.0. The van der Waals surface area contributed by atoms with E-state index in [2.05, 4.69) is 19.1 Å². The van der Waals surface area contributed by atoms with E-state index in [0.29, 0.717) is 6.61 Å². The topological polar surface area (TPSA) is 46.5 Å². The van der Waals surface area contributed by atoms with E-state index in [-0.39, 0.29) is 6.42 Å². The highest BCUT2D eigenvalue weighted by atomic mass is 16.5. The van der Waals surface area contributed by atoms with Gasteiger partial charge in [0.25, 0.3) is 0 Å². The molecule has 0 aliphatic rings. The van der Waals surface area contributed by atoms with Crippen LogP contribution in [0.4, 0.5) is 0 Å². The summed E-state index contributed by atoms with van der Waals surface area (Å²) in [6.45, 7) is 3.66. The molecule has 19 heavy (non-hydrogen) atoms. The fourth-order valence-electron chi connectivity index (χ4n) is 1.86. The van der Waals surface area contributed by atoms with Crippen LogP contribution in [0.15, 0.2) is 12.2 Å². The molecule has 0 aromatic rings. The van der Waals surface area contributed by atoms with Crippen LogP contribution in [0.25, 0.3) is 0 Å². The number of allylic oxidation sites excluding steroid dienone is 1. The SMILES string of the molecule is CCCCCCC/C=C\COCCCCCC(=O)O. The van der Waals surface area contributed by atoms with Crippen molar-refractivity contribution in [1.29, 1.82) is 0 Å². The van der Waals surface area contributed by atoms with E-state index >= 15 is 0 Å². The van der Waals surface area contributed by atoms with Crippen molar-refractivity contribution in [3.05, 3.63) is 12.2 Å². The molecular formula is C16H30O3. The van der Waals surface area contributed by atoms with Gasteiger partial charge in [-0.3, -0.25) is 4.79 Å². The number of rotatable bonds is 14. The third-order valence-corrected chi connectivity index (χ3v) is 3.03. The molecule has 0 aromatic heterocycles. The van der Waals surface area contributed by atoms with Gasteiger partial charge in [0.2, 0.25) is 0 Å². The predicted octanol–water partition coefficient (Wildman–Crippen LogP) is 4.56. The Kier molecular flexibility index (Phi) is 14.6.